The molecule has 2 amide bonds. The topological polar surface area (TPSA) is 80.8 Å². The van der Waals surface area contributed by atoms with Crippen molar-refractivity contribution in [2.45, 2.75) is 19.9 Å². The number of ether oxygens (including phenoxy) is 2. The smallest absolute Gasteiger partial charge is 0.322 e. The largest absolute Gasteiger partial charge is 0.497 e. The number of ketones is 1. The normalized spacial score (nSPS) is 13.2. The standard InChI is InChI=1S/C19H21N3O4/c1-3-26-17-8-7-15-18(21-17)16(23)9-10-22(15)19(24)20-12-13-5-4-6-14(11-13)25-2/h4-8,11H,3,9-10,12H2,1-2H3,(H,20,24). The van der Waals surface area contributed by atoms with Gasteiger partial charge in [-0.15, -0.1) is 0 Å². The summed E-state index contributed by atoms with van der Waals surface area (Å²) in [6.07, 6.45) is 0.238. The molecule has 0 aliphatic carbocycles. The van der Waals surface area contributed by atoms with Crippen LogP contribution in [0.2, 0.25) is 0 Å². The fraction of sp³-hybridized carbons (Fsp3) is 0.316. The lowest BCUT2D eigenvalue weighted by molar-refractivity contribution is 0.0974. The van der Waals surface area contributed by atoms with Crippen LogP contribution in [0.4, 0.5) is 10.5 Å². The van der Waals surface area contributed by atoms with Crippen LogP contribution in [0.1, 0.15) is 29.4 Å². The molecule has 7 nitrogen and oxygen atoms in total. The number of Topliss-reactive ketones (excluding diaryl/α,β-unsaturated/α-hetero) is 1. The number of carbonyl (C=O) groups is 2. The summed E-state index contributed by atoms with van der Waals surface area (Å²) in [4.78, 5) is 30.6. The molecular weight excluding hydrogens is 334 g/mol. The van der Waals surface area contributed by atoms with Gasteiger partial charge in [-0.05, 0) is 30.7 Å². The van der Waals surface area contributed by atoms with Gasteiger partial charge < -0.3 is 14.8 Å². The van der Waals surface area contributed by atoms with E-state index in [9.17, 15) is 9.59 Å². The third-order valence-corrected chi connectivity index (χ3v) is 4.08. The van der Waals surface area contributed by atoms with Crippen molar-refractivity contribution in [2.24, 2.45) is 0 Å². The zero-order valence-electron chi connectivity index (χ0n) is 14.8. The number of anilines is 1. The van der Waals surface area contributed by atoms with Gasteiger partial charge in [0.05, 0.1) is 19.4 Å². The number of carbonyl (C=O) groups excluding carboxylic acids is 2. The van der Waals surface area contributed by atoms with E-state index >= 15 is 0 Å². The summed E-state index contributed by atoms with van der Waals surface area (Å²) in [6, 6.07) is 10.6. The minimum absolute atomic E-state index is 0.0848. The lowest BCUT2D eigenvalue weighted by atomic mass is 10.1. The average molecular weight is 355 g/mol. The van der Waals surface area contributed by atoms with Crippen molar-refractivity contribution in [3.05, 3.63) is 47.7 Å². The Morgan fingerprint density at radius 3 is 2.92 bits per heavy atom. The summed E-state index contributed by atoms with van der Waals surface area (Å²) in [5.74, 6) is 1.04. The van der Waals surface area contributed by atoms with Crippen molar-refractivity contribution in [1.82, 2.24) is 10.3 Å². The predicted octanol–water partition coefficient (Wildman–Crippen LogP) is 2.79. The molecule has 0 saturated carbocycles. The molecule has 1 aliphatic rings. The summed E-state index contributed by atoms with van der Waals surface area (Å²) in [5.41, 5.74) is 1.71. The van der Waals surface area contributed by atoms with Crippen molar-refractivity contribution in [1.29, 1.82) is 0 Å². The Hall–Kier alpha value is -3.09. The van der Waals surface area contributed by atoms with Gasteiger partial charge in [0, 0.05) is 25.6 Å². The highest BCUT2D eigenvalue weighted by Crippen LogP contribution is 2.28. The van der Waals surface area contributed by atoms with Gasteiger partial charge in [0.15, 0.2) is 5.78 Å². The molecule has 26 heavy (non-hydrogen) atoms. The van der Waals surface area contributed by atoms with Crippen LogP contribution in [-0.4, -0.2) is 37.1 Å². The van der Waals surface area contributed by atoms with E-state index in [0.717, 1.165) is 11.3 Å². The number of benzene rings is 1. The molecule has 0 spiro atoms. The lowest BCUT2D eigenvalue weighted by Crippen LogP contribution is -2.44. The van der Waals surface area contributed by atoms with Gasteiger partial charge in [-0.2, -0.15) is 0 Å². The minimum atomic E-state index is -0.271. The molecule has 0 bridgehead atoms. The number of hydrogen-bond acceptors (Lipinski definition) is 5. The van der Waals surface area contributed by atoms with E-state index < -0.39 is 0 Å². The second-order valence-electron chi connectivity index (χ2n) is 5.79. The van der Waals surface area contributed by atoms with Crippen molar-refractivity contribution < 1.29 is 19.1 Å². The van der Waals surface area contributed by atoms with Gasteiger partial charge in [0.25, 0.3) is 0 Å². The summed E-state index contributed by atoms with van der Waals surface area (Å²) in [6.45, 7) is 3.00. The molecule has 1 N–H and O–H groups in total. The third-order valence-electron chi connectivity index (χ3n) is 4.08. The van der Waals surface area contributed by atoms with E-state index in [-0.39, 0.29) is 23.9 Å². The molecule has 1 aromatic carbocycles. The number of urea groups is 1. The maximum atomic E-state index is 12.6. The summed E-state index contributed by atoms with van der Waals surface area (Å²) in [5, 5.41) is 2.88. The molecular formula is C19H21N3O4. The maximum absolute atomic E-state index is 12.6. The fourth-order valence-corrected chi connectivity index (χ4v) is 2.80. The molecule has 2 aromatic rings. The molecule has 7 heteroatoms. The first kappa shape index (κ1) is 17.7. The van der Waals surface area contributed by atoms with Crippen molar-refractivity contribution >= 4 is 17.5 Å². The SMILES string of the molecule is CCOc1ccc2c(n1)C(=O)CCN2C(=O)NCc1cccc(OC)c1. The van der Waals surface area contributed by atoms with Gasteiger partial charge in [-0.25, -0.2) is 9.78 Å². The maximum Gasteiger partial charge on any atom is 0.322 e. The molecule has 0 fully saturated rings. The Kier molecular flexibility index (Phi) is 5.36. The highest BCUT2D eigenvalue weighted by Gasteiger charge is 2.29. The zero-order chi connectivity index (χ0) is 18.5. The Balaban J connectivity index is 1.74. The average Bonchev–Trinajstić information content (AvgIpc) is 2.67. The number of nitrogens with one attached hydrogen (secondary N) is 1. The molecule has 1 aliphatic heterocycles. The summed E-state index contributed by atoms with van der Waals surface area (Å²) in [7, 11) is 1.60. The molecule has 0 radical (unpaired) electrons. The van der Waals surface area contributed by atoms with Gasteiger partial charge in [-0.3, -0.25) is 9.69 Å². The number of pyridine rings is 1. The van der Waals surface area contributed by atoms with Crippen LogP contribution in [0.5, 0.6) is 11.6 Å². The number of aromatic nitrogens is 1. The van der Waals surface area contributed by atoms with E-state index in [0.29, 0.717) is 31.3 Å². The number of fused-ring (bicyclic) bond motifs is 1. The fourth-order valence-electron chi connectivity index (χ4n) is 2.80. The van der Waals surface area contributed by atoms with E-state index in [1.54, 1.807) is 24.1 Å². The van der Waals surface area contributed by atoms with Crippen LogP contribution >= 0.6 is 0 Å². The number of methoxy groups -OCH3 is 1. The van der Waals surface area contributed by atoms with Gasteiger partial charge >= 0.3 is 6.03 Å². The van der Waals surface area contributed by atoms with Gasteiger partial charge in [0.2, 0.25) is 5.88 Å². The molecule has 136 valence electrons. The highest BCUT2D eigenvalue weighted by atomic mass is 16.5. The third kappa shape index (κ3) is 3.77. The molecule has 1 aromatic heterocycles. The van der Waals surface area contributed by atoms with E-state index in [1.807, 2.05) is 31.2 Å². The van der Waals surface area contributed by atoms with E-state index in [4.69, 9.17) is 9.47 Å². The van der Waals surface area contributed by atoms with Crippen LogP contribution < -0.4 is 19.7 Å². The first-order chi connectivity index (χ1) is 12.6. The molecule has 0 atom stereocenters. The number of amides is 2. The van der Waals surface area contributed by atoms with Gasteiger partial charge in [0.1, 0.15) is 11.4 Å². The van der Waals surface area contributed by atoms with Crippen molar-refractivity contribution in [3.8, 4) is 11.6 Å². The Morgan fingerprint density at radius 2 is 2.15 bits per heavy atom. The van der Waals surface area contributed by atoms with Crippen LogP contribution in [0.3, 0.4) is 0 Å². The number of rotatable bonds is 5. The monoisotopic (exact) mass is 355 g/mol. The first-order valence-corrected chi connectivity index (χ1v) is 8.47. The molecule has 0 saturated heterocycles. The lowest BCUT2D eigenvalue weighted by Gasteiger charge is -2.28. The van der Waals surface area contributed by atoms with Crippen LogP contribution in [0.15, 0.2) is 36.4 Å². The number of hydrogen-bond donors (Lipinski definition) is 1. The van der Waals surface area contributed by atoms with E-state index in [2.05, 4.69) is 10.3 Å². The van der Waals surface area contributed by atoms with Crippen LogP contribution in [0.25, 0.3) is 0 Å². The summed E-state index contributed by atoms with van der Waals surface area (Å²) < 4.78 is 10.5. The second-order valence-corrected chi connectivity index (χ2v) is 5.79. The molecule has 2 heterocycles. The second kappa shape index (κ2) is 7.86. The number of nitrogens with zero attached hydrogens (tertiary/aromatic N) is 2. The van der Waals surface area contributed by atoms with Crippen molar-refractivity contribution in [2.75, 3.05) is 25.2 Å². The zero-order valence-corrected chi connectivity index (χ0v) is 14.8. The Bertz CT molecular complexity index is 822. The van der Waals surface area contributed by atoms with Crippen LogP contribution in [-0.2, 0) is 6.54 Å². The molecule has 3 rings (SSSR count). The Morgan fingerprint density at radius 1 is 1.31 bits per heavy atom. The predicted molar refractivity (Wildman–Crippen MR) is 96.9 cm³/mol. The summed E-state index contributed by atoms with van der Waals surface area (Å²) >= 11 is 0. The van der Waals surface area contributed by atoms with Gasteiger partial charge in [-0.1, -0.05) is 12.1 Å². The molecule has 0 unspecified atom stereocenters. The highest BCUT2D eigenvalue weighted by molar-refractivity contribution is 6.07. The minimum Gasteiger partial charge on any atom is -0.497 e. The van der Waals surface area contributed by atoms with Crippen LogP contribution in [0, 0.1) is 0 Å². The first-order valence-electron chi connectivity index (χ1n) is 8.47. The Labute approximate surface area is 151 Å². The van der Waals surface area contributed by atoms with E-state index in [1.165, 1.54) is 0 Å². The quantitative estimate of drug-likeness (QED) is 0.892. The van der Waals surface area contributed by atoms with Crippen molar-refractivity contribution in [3.63, 3.8) is 0 Å².